The minimum absolute atomic E-state index is 0.0318. The molecule has 2 aliphatic rings. The van der Waals surface area contributed by atoms with Crippen LogP contribution in [0.3, 0.4) is 0 Å². The second kappa shape index (κ2) is 14.3. The number of ether oxygens (including phenoxy) is 3. The summed E-state index contributed by atoms with van der Waals surface area (Å²) in [5, 5.41) is 9.15. The smallest absolute Gasteiger partial charge is 0.240 e. The van der Waals surface area contributed by atoms with Gasteiger partial charge in [0.2, 0.25) is 17.7 Å². The first-order chi connectivity index (χ1) is 23.3. The van der Waals surface area contributed by atoms with Crippen LogP contribution >= 0.6 is 0 Å². The summed E-state index contributed by atoms with van der Waals surface area (Å²) in [6, 6.07) is 14.4. The van der Waals surface area contributed by atoms with Gasteiger partial charge in [-0.05, 0) is 99.6 Å². The van der Waals surface area contributed by atoms with Gasteiger partial charge in [0.1, 0.15) is 16.9 Å². The van der Waals surface area contributed by atoms with Crippen molar-refractivity contribution in [2.45, 2.75) is 32.6 Å². The van der Waals surface area contributed by atoms with Crippen molar-refractivity contribution in [3.63, 3.8) is 0 Å². The van der Waals surface area contributed by atoms with Gasteiger partial charge < -0.3 is 30.2 Å². The number of hydrogen-bond acceptors (Lipinski definition) is 9. The molecule has 0 radical (unpaired) electrons. The molecule has 0 spiro atoms. The minimum atomic E-state index is -1.10. The van der Waals surface area contributed by atoms with E-state index in [4.69, 9.17) is 14.2 Å². The number of rotatable bonds is 12. The van der Waals surface area contributed by atoms with Crippen LogP contribution < -0.4 is 30.2 Å². The van der Waals surface area contributed by atoms with Crippen molar-refractivity contribution < 1.29 is 28.6 Å². The Labute approximate surface area is 279 Å². The van der Waals surface area contributed by atoms with Crippen LogP contribution in [0.15, 0.2) is 67.1 Å². The predicted octanol–water partition coefficient (Wildman–Crippen LogP) is 4.93. The van der Waals surface area contributed by atoms with Gasteiger partial charge >= 0.3 is 0 Å². The highest BCUT2D eigenvalue weighted by Gasteiger charge is 2.56. The van der Waals surface area contributed by atoms with E-state index in [1.54, 1.807) is 63.1 Å². The number of aryl methyl sites for hydroxylation is 1. The van der Waals surface area contributed by atoms with Crippen LogP contribution in [0.25, 0.3) is 10.9 Å². The Morgan fingerprint density at radius 3 is 2.35 bits per heavy atom. The molecule has 2 aromatic heterocycles. The maximum atomic E-state index is 13.2. The zero-order chi connectivity index (χ0) is 33.7. The normalized spacial score (nSPS) is 15.7. The molecule has 1 saturated heterocycles. The lowest BCUT2D eigenvalue weighted by molar-refractivity contribution is -0.131. The Balaban J connectivity index is 1.10. The molecule has 1 aliphatic heterocycles. The van der Waals surface area contributed by atoms with Crippen molar-refractivity contribution in [1.82, 2.24) is 20.2 Å². The third-order valence-electron chi connectivity index (χ3n) is 9.01. The lowest BCUT2D eigenvalue weighted by Crippen LogP contribution is -2.41. The fraction of sp³-hybridized carbons (Fsp3) is 0.361. The number of likely N-dealkylation sites (tertiary alicyclic amines) is 1. The third-order valence-corrected chi connectivity index (χ3v) is 9.01. The number of fused-ring (bicyclic) bond motifs is 1. The first-order valence-corrected chi connectivity index (χ1v) is 16.1. The Morgan fingerprint density at radius 2 is 1.69 bits per heavy atom. The number of amides is 3. The molecular weight excluding hydrogens is 612 g/mol. The highest BCUT2D eigenvalue weighted by Crippen LogP contribution is 2.47. The summed E-state index contributed by atoms with van der Waals surface area (Å²) < 4.78 is 18.3. The molecule has 12 heteroatoms. The number of nitrogens with zero attached hydrogens (tertiary/aromatic N) is 3. The van der Waals surface area contributed by atoms with Gasteiger partial charge in [0.05, 0.1) is 37.7 Å². The van der Waals surface area contributed by atoms with Crippen molar-refractivity contribution >= 4 is 40.0 Å². The summed E-state index contributed by atoms with van der Waals surface area (Å²) in [4.78, 5) is 48.5. The van der Waals surface area contributed by atoms with Gasteiger partial charge in [0.25, 0.3) is 0 Å². The molecule has 4 aromatic rings. The fourth-order valence-corrected chi connectivity index (χ4v) is 5.87. The average Bonchev–Trinajstić information content (AvgIpc) is 3.92. The number of methoxy groups -OCH3 is 1. The van der Waals surface area contributed by atoms with Gasteiger partial charge in [-0.15, -0.1) is 0 Å². The SMILES string of the molecule is CNC(=O)CN1CCC(COc2cc3nccc(Oc4ccc(NC(=O)C5(C(=O)Nc6cccnc6)CC5)cc4C)c3cc2OC)CC1. The number of piperidine rings is 1. The first-order valence-electron chi connectivity index (χ1n) is 16.1. The molecule has 3 N–H and O–H groups in total. The summed E-state index contributed by atoms with van der Waals surface area (Å²) in [5.41, 5.74) is 1.53. The first kappa shape index (κ1) is 32.7. The van der Waals surface area contributed by atoms with E-state index in [9.17, 15) is 14.4 Å². The van der Waals surface area contributed by atoms with Crippen molar-refractivity contribution in [2.75, 3.05) is 51.0 Å². The molecule has 12 nitrogen and oxygen atoms in total. The number of anilines is 2. The molecule has 3 heterocycles. The second-order valence-electron chi connectivity index (χ2n) is 12.3. The highest BCUT2D eigenvalue weighted by atomic mass is 16.5. The van der Waals surface area contributed by atoms with E-state index in [0.29, 0.717) is 71.8 Å². The average molecular weight is 653 g/mol. The molecule has 2 fully saturated rings. The molecule has 0 unspecified atom stereocenters. The van der Waals surface area contributed by atoms with Crippen molar-refractivity contribution in [3.05, 3.63) is 72.7 Å². The number of likely N-dealkylation sites (N-methyl/N-ethyl adjacent to an activating group) is 1. The number of hydrogen-bond donors (Lipinski definition) is 3. The number of aromatic nitrogens is 2. The Morgan fingerprint density at radius 1 is 0.917 bits per heavy atom. The Hall–Kier alpha value is -5.23. The molecule has 3 amide bonds. The van der Waals surface area contributed by atoms with Crippen LogP contribution in [-0.4, -0.2) is 73.0 Å². The zero-order valence-electron chi connectivity index (χ0n) is 27.4. The molecule has 0 atom stereocenters. The molecule has 1 saturated carbocycles. The number of nitrogens with one attached hydrogen (secondary N) is 3. The van der Waals surface area contributed by atoms with Gasteiger partial charge in [-0.3, -0.25) is 29.3 Å². The molecular formula is C36H40N6O6. The topological polar surface area (TPSA) is 144 Å². The van der Waals surface area contributed by atoms with E-state index in [-0.39, 0.29) is 17.7 Å². The summed E-state index contributed by atoms with van der Waals surface area (Å²) in [6.45, 7) is 4.58. The Bertz CT molecular complexity index is 1800. The summed E-state index contributed by atoms with van der Waals surface area (Å²) >= 11 is 0. The van der Waals surface area contributed by atoms with Crippen molar-refractivity contribution in [2.24, 2.45) is 11.3 Å². The molecule has 48 heavy (non-hydrogen) atoms. The fourth-order valence-electron chi connectivity index (χ4n) is 5.87. The van der Waals surface area contributed by atoms with Crippen LogP contribution in [-0.2, 0) is 14.4 Å². The van der Waals surface area contributed by atoms with Gasteiger partial charge in [-0.1, -0.05) is 0 Å². The number of carbonyl (C=O) groups is 3. The molecule has 2 aromatic carbocycles. The van der Waals surface area contributed by atoms with E-state index in [0.717, 1.165) is 36.9 Å². The number of benzene rings is 2. The lowest BCUT2D eigenvalue weighted by Gasteiger charge is -2.31. The zero-order valence-corrected chi connectivity index (χ0v) is 27.4. The molecule has 250 valence electrons. The second-order valence-corrected chi connectivity index (χ2v) is 12.3. The van der Waals surface area contributed by atoms with Crippen LogP contribution in [0.4, 0.5) is 11.4 Å². The summed E-state index contributed by atoms with van der Waals surface area (Å²) in [6.07, 6.45) is 7.72. The van der Waals surface area contributed by atoms with E-state index in [1.165, 1.54) is 0 Å². The van der Waals surface area contributed by atoms with Crippen molar-refractivity contribution in [1.29, 1.82) is 0 Å². The molecule has 6 rings (SSSR count). The van der Waals surface area contributed by atoms with Gasteiger partial charge in [0.15, 0.2) is 11.5 Å². The third kappa shape index (κ3) is 7.33. The van der Waals surface area contributed by atoms with Crippen LogP contribution in [0.1, 0.15) is 31.2 Å². The van der Waals surface area contributed by atoms with Gasteiger partial charge in [0, 0.05) is 36.6 Å². The quantitative estimate of drug-likeness (QED) is 0.182. The predicted molar refractivity (Wildman–Crippen MR) is 181 cm³/mol. The van der Waals surface area contributed by atoms with Crippen molar-refractivity contribution in [3.8, 4) is 23.0 Å². The lowest BCUT2D eigenvalue weighted by atomic mass is 9.98. The monoisotopic (exact) mass is 652 g/mol. The van der Waals surface area contributed by atoms with Crippen LogP contribution in [0.5, 0.6) is 23.0 Å². The Kier molecular flexibility index (Phi) is 9.72. The van der Waals surface area contributed by atoms with E-state index >= 15 is 0 Å². The molecule has 1 aliphatic carbocycles. The van der Waals surface area contributed by atoms with Crippen LogP contribution in [0.2, 0.25) is 0 Å². The minimum Gasteiger partial charge on any atom is -0.493 e. The van der Waals surface area contributed by atoms with E-state index in [2.05, 4.69) is 30.8 Å². The molecule has 0 bridgehead atoms. The van der Waals surface area contributed by atoms with E-state index < -0.39 is 5.41 Å². The van der Waals surface area contributed by atoms with Gasteiger partial charge in [-0.25, -0.2) is 0 Å². The largest absolute Gasteiger partial charge is 0.493 e. The van der Waals surface area contributed by atoms with Crippen LogP contribution in [0, 0.1) is 18.3 Å². The summed E-state index contributed by atoms with van der Waals surface area (Å²) in [7, 11) is 3.26. The standard InChI is InChI=1S/C36H40N6O6/c1-23-17-25(40-34(44)36(11-12-36)35(45)41-26-5-4-13-38-20-26)6-7-29(23)48-30-8-14-39-28-19-32(31(46-3)18-27(28)30)47-22-24-9-15-42(16-10-24)21-33(43)37-2/h4-8,13-14,17-20,24H,9-12,15-16,21-22H2,1-3H3,(H,37,43)(H,40,44)(H,41,45). The van der Waals surface area contributed by atoms with Gasteiger partial charge in [-0.2, -0.15) is 0 Å². The maximum absolute atomic E-state index is 13.2. The van der Waals surface area contributed by atoms with E-state index in [1.807, 2.05) is 25.1 Å². The number of pyridine rings is 2. The highest BCUT2D eigenvalue weighted by molar-refractivity contribution is 6.16. The number of carbonyl (C=O) groups excluding carboxylic acids is 3. The maximum Gasteiger partial charge on any atom is 0.240 e. The summed E-state index contributed by atoms with van der Waals surface area (Å²) in [5.74, 6) is 2.13.